The van der Waals surface area contributed by atoms with Crippen LogP contribution in [0.4, 0.5) is 5.69 Å². The van der Waals surface area contributed by atoms with Gasteiger partial charge >= 0.3 is 0 Å². The van der Waals surface area contributed by atoms with E-state index in [1.165, 1.54) is 39.2 Å². The van der Waals surface area contributed by atoms with Gasteiger partial charge in [0.05, 0.1) is 22.0 Å². The van der Waals surface area contributed by atoms with Gasteiger partial charge in [-0.15, -0.1) is 0 Å². The molecule has 1 aliphatic rings. The van der Waals surface area contributed by atoms with E-state index < -0.39 is 21.1 Å². The molecule has 1 aromatic carbocycles. The maximum Gasteiger partial charge on any atom is 0.269 e. The second-order valence-electron chi connectivity index (χ2n) is 6.42. The molecular weight excluding hydrogens is 374 g/mol. The number of morpholine rings is 1. The lowest BCUT2D eigenvalue weighted by atomic mass is 10.1. The fraction of sp³-hybridized carbons (Fsp3) is 0.353. The number of rotatable bonds is 4. The second-order valence-corrected chi connectivity index (χ2v) is 8.36. The van der Waals surface area contributed by atoms with E-state index >= 15 is 0 Å². The molecule has 27 heavy (non-hydrogen) atoms. The summed E-state index contributed by atoms with van der Waals surface area (Å²) in [7, 11) is -2.22. The smallest absolute Gasteiger partial charge is 0.269 e. The number of sulfonamides is 1. The second kappa shape index (κ2) is 7.22. The average molecular weight is 393 g/mol. The van der Waals surface area contributed by atoms with Gasteiger partial charge in [0, 0.05) is 44.5 Å². The van der Waals surface area contributed by atoms with Gasteiger partial charge in [0.1, 0.15) is 0 Å². The van der Waals surface area contributed by atoms with E-state index in [4.69, 9.17) is 4.74 Å². The van der Waals surface area contributed by atoms with Crippen LogP contribution in [0.2, 0.25) is 0 Å². The number of aromatic nitrogens is 1. The Morgan fingerprint density at radius 3 is 2.41 bits per heavy atom. The summed E-state index contributed by atoms with van der Waals surface area (Å²) >= 11 is 0. The zero-order chi connectivity index (χ0) is 19.8. The number of non-ortho nitro benzene ring substituents is 1. The Balaban J connectivity index is 1.89. The SMILES string of the molecule is C[C@@H]1CN(S(=O)(=O)c2ccc([N+](=O)[O-])cc2)C[C@H](c2ccc(=O)n(C)c2)O1. The van der Waals surface area contributed by atoms with Gasteiger partial charge in [-0.3, -0.25) is 14.9 Å². The molecule has 3 rings (SSSR count). The van der Waals surface area contributed by atoms with Crippen LogP contribution < -0.4 is 5.56 Å². The van der Waals surface area contributed by atoms with Crippen LogP contribution in [0.1, 0.15) is 18.6 Å². The van der Waals surface area contributed by atoms with E-state index in [0.29, 0.717) is 5.56 Å². The molecule has 1 saturated heterocycles. The van der Waals surface area contributed by atoms with E-state index in [9.17, 15) is 23.3 Å². The Morgan fingerprint density at radius 1 is 1.15 bits per heavy atom. The van der Waals surface area contributed by atoms with Gasteiger partial charge in [-0.1, -0.05) is 0 Å². The highest BCUT2D eigenvalue weighted by molar-refractivity contribution is 7.89. The lowest BCUT2D eigenvalue weighted by Gasteiger charge is -2.36. The van der Waals surface area contributed by atoms with Crippen LogP contribution in [0.15, 0.2) is 52.3 Å². The fourth-order valence-corrected chi connectivity index (χ4v) is 4.50. The molecule has 0 radical (unpaired) electrons. The summed E-state index contributed by atoms with van der Waals surface area (Å²) in [5, 5.41) is 10.8. The number of ether oxygens (including phenoxy) is 1. The highest BCUT2D eigenvalue weighted by atomic mass is 32.2. The predicted molar refractivity (Wildman–Crippen MR) is 96.8 cm³/mol. The topological polar surface area (TPSA) is 112 Å². The molecule has 0 saturated carbocycles. The highest BCUT2D eigenvalue weighted by Crippen LogP contribution is 2.29. The van der Waals surface area contributed by atoms with Crippen molar-refractivity contribution in [1.29, 1.82) is 0 Å². The first-order valence-corrected chi connectivity index (χ1v) is 9.69. The molecule has 2 atom stereocenters. The molecular formula is C17H19N3O6S. The number of nitro benzene ring substituents is 1. The lowest BCUT2D eigenvalue weighted by molar-refractivity contribution is -0.384. The van der Waals surface area contributed by atoms with Crippen LogP contribution in [-0.2, 0) is 21.8 Å². The third-order valence-corrected chi connectivity index (χ3v) is 6.24. The van der Waals surface area contributed by atoms with E-state index in [0.717, 1.165) is 0 Å². The number of pyridine rings is 1. The Kier molecular flexibility index (Phi) is 5.13. The van der Waals surface area contributed by atoms with Gasteiger partial charge in [-0.2, -0.15) is 4.31 Å². The maximum atomic E-state index is 13.0. The minimum atomic E-state index is -3.83. The molecule has 0 amide bonds. The third-order valence-electron chi connectivity index (χ3n) is 4.39. The Labute approximate surface area is 156 Å². The van der Waals surface area contributed by atoms with Crippen LogP contribution in [0.5, 0.6) is 0 Å². The number of nitro groups is 1. The first kappa shape index (κ1) is 19.2. The normalized spacial score (nSPS) is 21.1. The van der Waals surface area contributed by atoms with E-state index in [1.807, 2.05) is 0 Å². The van der Waals surface area contributed by atoms with Crippen LogP contribution in [0.3, 0.4) is 0 Å². The van der Waals surface area contributed by atoms with Crippen LogP contribution in [0.25, 0.3) is 0 Å². The van der Waals surface area contributed by atoms with Crippen molar-refractivity contribution in [3.63, 3.8) is 0 Å². The molecule has 0 bridgehead atoms. The average Bonchev–Trinajstić information content (AvgIpc) is 2.63. The zero-order valence-electron chi connectivity index (χ0n) is 14.8. The largest absolute Gasteiger partial charge is 0.368 e. The third kappa shape index (κ3) is 3.92. The molecule has 2 aromatic rings. The van der Waals surface area contributed by atoms with Crippen molar-refractivity contribution in [2.45, 2.75) is 24.0 Å². The molecule has 9 nitrogen and oxygen atoms in total. The summed E-state index contributed by atoms with van der Waals surface area (Å²) in [6, 6.07) is 7.83. The van der Waals surface area contributed by atoms with Gasteiger partial charge in [-0.05, 0) is 30.7 Å². The standard InChI is InChI=1S/C17H19N3O6S/c1-12-9-19(11-16(26-12)13-3-8-17(21)18(2)10-13)27(24,25)15-6-4-14(5-7-15)20(22)23/h3-8,10,12,16H,9,11H2,1-2H3/t12-,16-/m1/s1. The quantitative estimate of drug-likeness (QED) is 0.574. The van der Waals surface area contributed by atoms with Crippen LogP contribution >= 0.6 is 0 Å². The molecule has 10 heteroatoms. The summed E-state index contributed by atoms with van der Waals surface area (Å²) in [4.78, 5) is 21.7. The number of nitrogens with zero attached hydrogens (tertiary/aromatic N) is 3. The molecule has 0 aliphatic carbocycles. The van der Waals surface area contributed by atoms with Gasteiger partial charge in [-0.25, -0.2) is 8.42 Å². The minimum Gasteiger partial charge on any atom is -0.368 e. The van der Waals surface area contributed by atoms with Crippen LogP contribution in [0, 0.1) is 10.1 Å². The Bertz CT molecular complexity index is 1020. The molecule has 0 N–H and O–H groups in total. The number of hydrogen-bond donors (Lipinski definition) is 0. The highest BCUT2D eigenvalue weighted by Gasteiger charge is 2.34. The van der Waals surface area contributed by atoms with Gasteiger partial charge in [0.15, 0.2) is 0 Å². The van der Waals surface area contributed by atoms with E-state index in [2.05, 4.69) is 0 Å². The Morgan fingerprint density at radius 2 is 1.81 bits per heavy atom. The molecule has 144 valence electrons. The zero-order valence-corrected chi connectivity index (χ0v) is 15.6. The predicted octanol–water partition coefficient (Wildman–Crippen LogP) is 1.44. The monoisotopic (exact) mass is 393 g/mol. The first-order valence-electron chi connectivity index (χ1n) is 8.25. The molecule has 1 aromatic heterocycles. The van der Waals surface area contributed by atoms with Crippen molar-refractivity contribution in [2.24, 2.45) is 7.05 Å². The van der Waals surface area contributed by atoms with Crippen molar-refractivity contribution in [2.75, 3.05) is 13.1 Å². The van der Waals surface area contributed by atoms with E-state index in [-0.39, 0.29) is 35.3 Å². The first-order chi connectivity index (χ1) is 12.7. The minimum absolute atomic E-state index is 0.0126. The fourth-order valence-electron chi connectivity index (χ4n) is 2.99. The summed E-state index contributed by atoms with van der Waals surface area (Å²) in [5.74, 6) is 0. The molecule has 1 aliphatic heterocycles. The van der Waals surface area contributed by atoms with E-state index in [1.54, 1.807) is 26.2 Å². The van der Waals surface area contributed by atoms with Crippen molar-refractivity contribution < 1.29 is 18.1 Å². The summed E-state index contributed by atoms with van der Waals surface area (Å²) in [5.41, 5.74) is 0.359. The van der Waals surface area contributed by atoms with Gasteiger partial charge in [0.2, 0.25) is 15.6 Å². The summed E-state index contributed by atoms with van der Waals surface area (Å²) in [6.07, 6.45) is 0.754. The summed E-state index contributed by atoms with van der Waals surface area (Å²) < 4.78 is 34.5. The van der Waals surface area contributed by atoms with Gasteiger partial charge in [0.25, 0.3) is 5.69 Å². The summed E-state index contributed by atoms with van der Waals surface area (Å²) in [6.45, 7) is 2.02. The molecule has 1 fully saturated rings. The van der Waals surface area contributed by atoms with Crippen molar-refractivity contribution in [3.8, 4) is 0 Å². The number of benzene rings is 1. The maximum absolute atomic E-state index is 13.0. The molecule has 0 spiro atoms. The molecule has 2 heterocycles. The van der Waals surface area contributed by atoms with Crippen molar-refractivity contribution in [3.05, 3.63) is 68.6 Å². The number of hydrogen-bond acceptors (Lipinski definition) is 6. The lowest BCUT2D eigenvalue weighted by Crippen LogP contribution is -2.46. The number of aryl methyl sites for hydroxylation is 1. The van der Waals surface area contributed by atoms with Crippen molar-refractivity contribution >= 4 is 15.7 Å². The van der Waals surface area contributed by atoms with Crippen LogP contribution in [-0.4, -0.2) is 41.4 Å². The van der Waals surface area contributed by atoms with Crippen molar-refractivity contribution in [1.82, 2.24) is 8.87 Å². The Hall–Kier alpha value is -2.56. The molecule has 0 unspecified atom stereocenters. The van der Waals surface area contributed by atoms with Gasteiger partial charge < -0.3 is 9.30 Å².